The van der Waals surface area contributed by atoms with Gasteiger partial charge < -0.3 is 9.26 Å². The van der Waals surface area contributed by atoms with Crippen molar-refractivity contribution in [3.05, 3.63) is 11.7 Å². The van der Waals surface area contributed by atoms with E-state index in [9.17, 15) is 4.79 Å². The minimum atomic E-state index is -0.100. The zero-order valence-corrected chi connectivity index (χ0v) is 14.5. The van der Waals surface area contributed by atoms with E-state index in [2.05, 4.69) is 27.0 Å². The highest BCUT2D eigenvalue weighted by Crippen LogP contribution is 2.38. The van der Waals surface area contributed by atoms with E-state index in [1.54, 1.807) is 0 Å². The number of likely N-dealkylation sites (N-methyl/N-ethyl adjacent to an activating group) is 1. The van der Waals surface area contributed by atoms with Crippen LogP contribution >= 0.6 is 0 Å². The van der Waals surface area contributed by atoms with Crippen molar-refractivity contribution in [1.29, 1.82) is 0 Å². The van der Waals surface area contributed by atoms with E-state index in [1.165, 1.54) is 12.8 Å². The van der Waals surface area contributed by atoms with Gasteiger partial charge in [0.25, 0.3) is 0 Å². The zero-order valence-electron chi connectivity index (χ0n) is 14.5. The lowest BCUT2D eigenvalue weighted by Gasteiger charge is -2.38. The lowest BCUT2D eigenvalue weighted by Crippen LogP contribution is -2.51. The third kappa shape index (κ3) is 3.32. The Morgan fingerprint density at radius 1 is 1.33 bits per heavy atom. The molecule has 7 heteroatoms. The molecule has 1 aromatic rings. The van der Waals surface area contributed by atoms with Crippen LogP contribution in [0.2, 0.25) is 0 Å². The molecule has 1 saturated carbocycles. The molecule has 0 unspecified atom stereocenters. The number of aromatic nitrogens is 2. The van der Waals surface area contributed by atoms with Crippen molar-refractivity contribution in [3.8, 4) is 0 Å². The van der Waals surface area contributed by atoms with Crippen LogP contribution in [0.15, 0.2) is 4.52 Å². The third-order valence-corrected chi connectivity index (χ3v) is 5.47. The molecule has 1 aromatic heterocycles. The predicted octanol–water partition coefficient (Wildman–Crippen LogP) is 1.55. The third-order valence-electron chi connectivity index (χ3n) is 5.47. The minimum absolute atomic E-state index is 0.0322. The van der Waals surface area contributed by atoms with Crippen molar-refractivity contribution in [1.82, 2.24) is 19.9 Å². The summed E-state index contributed by atoms with van der Waals surface area (Å²) in [6.45, 7) is 4.67. The largest absolute Gasteiger partial charge is 0.461 e. The molecule has 2 aliphatic heterocycles. The summed E-state index contributed by atoms with van der Waals surface area (Å²) in [5, 5.41) is 4.13. The molecule has 0 N–H and O–H groups in total. The number of hydrogen-bond donors (Lipinski definition) is 0. The molecular formula is C17H26N4O3. The number of nitrogens with zero attached hydrogens (tertiary/aromatic N) is 4. The van der Waals surface area contributed by atoms with Gasteiger partial charge in [0, 0.05) is 24.9 Å². The van der Waals surface area contributed by atoms with E-state index in [-0.39, 0.29) is 18.1 Å². The second-order valence-electron chi connectivity index (χ2n) is 7.52. The molecule has 4 rings (SSSR count). The highest BCUT2D eigenvalue weighted by Gasteiger charge is 2.38. The Bertz CT molecular complexity index is 600. The molecule has 3 aliphatic rings. The number of esters is 1. The number of carbonyl (C=O) groups is 1. The fourth-order valence-corrected chi connectivity index (χ4v) is 3.86. The summed E-state index contributed by atoms with van der Waals surface area (Å²) in [5.74, 6) is 2.02. The molecule has 0 amide bonds. The summed E-state index contributed by atoms with van der Waals surface area (Å²) < 4.78 is 10.7. The van der Waals surface area contributed by atoms with Crippen molar-refractivity contribution < 1.29 is 14.1 Å². The second-order valence-corrected chi connectivity index (χ2v) is 7.52. The van der Waals surface area contributed by atoms with E-state index in [0.29, 0.717) is 12.0 Å². The van der Waals surface area contributed by atoms with Gasteiger partial charge in [-0.25, -0.2) is 0 Å². The molecule has 0 radical (unpaired) electrons. The van der Waals surface area contributed by atoms with E-state index in [1.807, 2.05) is 6.92 Å². The molecule has 0 spiro atoms. The Hall–Kier alpha value is -1.47. The Labute approximate surface area is 142 Å². The Morgan fingerprint density at radius 3 is 2.88 bits per heavy atom. The quantitative estimate of drug-likeness (QED) is 0.757. The highest BCUT2D eigenvalue weighted by atomic mass is 16.6. The molecule has 3 fully saturated rings. The molecule has 7 nitrogen and oxygen atoms in total. The van der Waals surface area contributed by atoms with Gasteiger partial charge in [-0.3, -0.25) is 14.6 Å². The maximum absolute atomic E-state index is 12.0. The van der Waals surface area contributed by atoms with Gasteiger partial charge in [0.15, 0.2) is 5.82 Å². The van der Waals surface area contributed by atoms with Crippen molar-refractivity contribution >= 4 is 5.97 Å². The predicted molar refractivity (Wildman–Crippen MR) is 86.3 cm³/mol. The zero-order chi connectivity index (χ0) is 16.7. The van der Waals surface area contributed by atoms with Crippen LogP contribution in [0.1, 0.15) is 56.7 Å². The van der Waals surface area contributed by atoms with Crippen molar-refractivity contribution in [3.63, 3.8) is 0 Å². The van der Waals surface area contributed by atoms with Crippen LogP contribution in [0, 0.1) is 0 Å². The van der Waals surface area contributed by atoms with Crippen LogP contribution in [-0.4, -0.2) is 64.2 Å². The minimum Gasteiger partial charge on any atom is -0.461 e. The molecule has 3 heterocycles. The molecular weight excluding hydrogens is 308 g/mol. The van der Waals surface area contributed by atoms with Gasteiger partial charge in [-0.15, -0.1) is 0 Å². The van der Waals surface area contributed by atoms with Crippen molar-refractivity contribution in [2.75, 3.05) is 20.1 Å². The molecule has 0 aromatic carbocycles. The van der Waals surface area contributed by atoms with Gasteiger partial charge >= 0.3 is 5.97 Å². The van der Waals surface area contributed by atoms with Gasteiger partial charge in [0.1, 0.15) is 12.1 Å². The average Bonchev–Trinajstić information content (AvgIpc) is 3.22. The number of cyclic esters (lactones) is 1. The first-order valence-electron chi connectivity index (χ1n) is 9.07. The van der Waals surface area contributed by atoms with Crippen LogP contribution in [-0.2, 0) is 16.1 Å². The van der Waals surface area contributed by atoms with E-state index in [0.717, 1.165) is 50.6 Å². The maximum Gasteiger partial charge on any atom is 0.323 e. The first kappa shape index (κ1) is 16.0. The van der Waals surface area contributed by atoms with Crippen LogP contribution in [0.3, 0.4) is 0 Å². The summed E-state index contributed by atoms with van der Waals surface area (Å²) in [7, 11) is 2.05. The van der Waals surface area contributed by atoms with E-state index < -0.39 is 0 Å². The van der Waals surface area contributed by atoms with Gasteiger partial charge in [-0.2, -0.15) is 4.98 Å². The first-order chi connectivity index (χ1) is 11.6. The fourth-order valence-electron chi connectivity index (χ4n) is 3.86. The molecule has 2 saturated heterocycles. The smallest absolute Gasteiger partial charge is 0.323 e. The Balaban J connectivity index is 1.35. The molecule has 24 heavy (non-hydrogen) atoms. The van der Waals surface area contributed by atoms with Crippen LogP contribution in [0.5, 0.6) is 0 Å². The monoisotopic (exact) mass is 334 g/mol. The molecule has 132 valence electrons. The van der Waals surface area contributed by atoms with Crippen LogP contribution < -0.4 is 0 Å². The number of piperidine rings is 1. The average molecular weight is 334 g/mol. The number of likely N-dealkylation sites (tertiary alicyclic amines) is 1. The van der Waals surface area contributed by atoms with Crippen LogP contribution in [0.4, 0.5) is 0 Å². The topological polar surface area (TPSA) is 71.7 Å². The highest BCUT2D eigenvalue weighted by molar-refractivity contribution is 5.78. The molecule has 1 aliphatic carbocycles. The van der Waals surface area contributed by atoms with E-state index >= 15 is 0 Å². The summed E-state index contributed by atoms with van der Waals surface area (Å²) in [6, 6.07) is 0.271. The van der Waals surface area contributed by atoms with Gasteiger partial charge in [0.05, 0.1) is 6.54 Å². The number of hydrogen-bond acceptors (Lipinski definition) is 7. The fraction of sp³-hybridized carbons (Fsp3) is 0.824. The number of rotatable bonds is 5. The molecule has 0 bridgehead atoms. The number of carbonyl (C=O) groups excluding carboxylic acids is 1. The Kier molecular flexibility index (Phi) is 4.30. The SMILES string of the molecule is C[C@@H]1C[C@@H](N(C)[C@H]2CCCN(Cc3noc(C4CC4)n3)C2)C(=O)O1. The van der Waals surface area contributed by atoms with E-state index in [4.69, 9.17) is 9.26 Å². The van der Waals surface area contributed by atoms with Crippen molar-refractivity contribution in [2.24, 2.45) is 0 Å². The van der Waals surface area contributed by atoms with Gasteiger partial charge in [0.2, 0.25) is 5.89 Å². The molecule has 3 atom stereocenters. The Morgan fingerprint density at radius 2 is 2.17 bits per heavy atom. The standard InChI is InChI=1S/C17H26N4O3/c1-11-8-14(17(22)23-11)20(2)13-4-3-7-21(9-13)10-15-18-16(24-19-15)12-5-6-12/h11-14H,3-10H2,1-2H3/t11-,13+,14-/m1/s1. The first-order valence-corrected chi connectivity index (χ1v) is 9.07. The van der Waals surface area contributed by atoms with Gasteiger partial charge in [-0.05, 0) is 46.2 Å². The summed E-state index contributed by atoms with van der Waals surface area (Å²) in [6.07, 6.45) is 5.42. The lowest BCUT2D eigenvalue weighted by molar-refractivity contribution is -0.145. The summed E-state index contributed by atoms with van der Waals surface area (Å²) in [5.41, 5.74) is 0. The lowest BCUT2D eigenvalue weighted by atomic mass is 10.0. The van der Waals surface area contributed by atoms with Crippen LogP contribution in [0.25, 0.3) is 0 Å². The maximum atomic E-state index is 12.0. The normalized spacial score (nSPS) is 31.6. The van der Waals surface area contributed by atoms with Gasteiger partial charge in [-0.1, -0.05) is 5.16 Å². The number of ether oxygens (including phenoxy) is 1. The summed E-state index contributed by atoms with van der Waals surface area (Å²) >= 11 is 0. The van der Waals surface area contributed by atoms with Crippen molar-refractivity contribution in [2.45, 2.75) is 69.7 Å². The second kappa shape index (κ2) is 6.44. The summed E-state index contributed by atoms with van der Waals surface area (Å²) in [4.78, 5) is 21.1.